The van der Waals surface area contributed by atoms with Gasteiger partial charge in [0.25, 0.3) is 0 Å². The van der Waals surface area contributed by atoms with Gasteiger partial charge in [0.1, 0.15) is 0 Å². The van der Waals surface area contributed by atoms with E-state index in [0.29, 0.717) is 6.42 Å². The lowest BCUT2D eigenvalue weighted by Crippen LogP contribution is -2.01. The number of rotatable bonds is 2. The Morgan fingerprint density at radius 1 is 1.40 bits per heavy atom. The zero-order valence-corrected chi connectivity index (χ0v) is 8.69. The fraction of sp³-hybridized carbons (Fsp3) is 0.333. The van der Waals surface area contributed by atoms with Gasteiger partial charge < -0.3 is 4.84 Å². The van der Waals surface area contributed by atoms with Gasteiger partial charge in [-0.2, -0.15) is 0 Å². The molecule has 0 fully saturated rings. The molecule has 15 heavy (non-hydrogen) atoms. The molecule has 1 aliphatic carbocycles. The van der Waals surface area contributed by atoms with Crippen LogP contribution in [0.2, 0.25) is 0 Å². The Hall–Kier alpha value is -1.64. The predicted molar refractivity (Wildman–Crippen MR) is 57.7 cm³/mol. The average Bonchev–Trinajstić information content (AvgIpc) is 2.69. The molecule has 2 rings (SSSR count). The van der Waals surface area contributed by atoms with Crippen LogP contribution in [-0.2, 0) is 16.1 Å². The normalized spacial score (nSPS) is 16.5. The molecule has 1 aromatic carbocycles. The molecule has 0 aromatic heterocycles. The Balaban J connectivity index is 2.17. The molecule has 0 aliphatic heterocycles. The first kappa shape index (κ1) is 9.90. The molecule has 3 nitrogen and oxygen atoms in total. The molecule has 0 atom stereocenters. The quantitative estimate of drug-likeness (QED) is 0.546. The summed E-state index contributed by atoms with van der Waals surface area (Å²) in [6, 6.07) is 8.08. The van der Waals surface area contributed by atoms with E-state index < -0.39 is 0 Å². The van der Waals surface area contributed by atoms with E-state index in [4.69, 9.17) is 4.84 Å². The summed E-state index contributed by atoms with van der Waals surface area (Å²) in [5.74, 6) is -0.285. The number of hydrogen-bond donors (Lipinski definition) is 0. The fourth-order valence-corrected chi connectivity index (χ4v) is 1.67. The molecule has 0 saturated heterocycles. The molecule has 1 aromatic rings. The Kier molecular flexibility index (Phi) is 2.81. The van der Waals surface area contributed by atoms with Crippen LogP contribution >= 0.6 is 0 Å². The van der Waals surface area contributed by atoms with Gasteiger partial charge in [0.2, 0.25) is 0 Å². The third kappa shape index (κ3) is 2.06. The Labute approximate surface area is 88.7 Å². The molecule has 0 bridgehead atoms. The summed E-state index contributed by atoms with van der Waals surface area (Å²) < 4.78 is 0. The van der Waals surface area contributed by atoms with E-state index in [-0.39, 0.29) is 5.97 Å². The highest BCUT2D eigenvalue weighted by atomic mass is 16.7. The monoisotopic (exact) mass is 203 g/mol. The van der Waals surface area contributed by atoms with Crippen LogP contribution in [0, 0.1) is 0 Å². The first-order valence-electron chi connectivity index (χ1n) is 5.16. The largest absolute Gasteiger partial charge is 0.334 e. The molecular formula is C12H13NO2. The second-order valence-corrected chi connectivity index (χ2v) is 3.51. The van der Waals surface area contributed by atoms with Crippen LogP contribution in [0.3, 0.4) is 0 Å². The Bertz CT molecular complexity index is 410. The fourth-order valence-electron chi connectivity index (χ4n) is 1.67. The highest BCUT2D eigenvalue weighted by Crippen LogP contribution is 2.22. The van der Waals surface area contributed by atoms with E-state index >= 15 is 0 Å². The Morgan fingerprint density at radius 3 is 3.00 bits per heavy atom. The van der Waals surface area contributed by atoms with Gasteiger partial charge in [-0.15, -0.1) is 0 Å². The molecule has 0 heterocycles. The van der Waals surface area contributed by atoms with Gasteiger partial charge in [0, 0.05) is 12.0 Å². The maximum absolute atomic E-state index is 11.0. The number of benzene rings is 1. The number of hydrogen-bond acceptors (Lipinski definition) is 3. The van der Waals surface area contributed by atoms with Crippen molar-refractivity contribution in [2.24, 2.45) is 5.16 Å². The Morgan fingerprint density at radius 2 is 2.20 bits per heavy atom. The number of oxime groups is 1. The number of aryl methyl sites for hydroxylation is 1. The molecular weight excluding hydrogens is 190 g/mol. The maximum atomic E-state index is 11.0. The first-order chi connectivity index (χ1) is 7.31. The van der Waals surface area contributed by atoms with Gasteiger partial charge in [0.15, 0.2) is 0 Å². The topological polar surface area (TPSA) is 38.7 Å². The lowest BCUT2D eigenvalue weighted by atomic mass is 10.1. The highest BCUT2D eigenvalue weighted by molar-refractivity contribution is 6.04. The summed E-state index contributed by atoms with van der Waals surface area (Å²) >= 11 is 0. The summed E-state index contributed by atoms with van der Waals surface area (Å²) in [4.78, 5) is 15.7. The molecule has 0 amide bonds. The zero-order chi connectivity index (χ0) is 10.7. The van der Waals surface area contributed by atoms with E-state index in [1.54, 1.807) is 6.92 Å². The minimum Gasteiger partial charge on any atom is -0.318 e. The van der Waals surface area contributed by atoms with Gasteiger partial charge in [-0.3, -0.25) is 0 Å². The standard InChI is InChI=1S/C12H13NO2/c1-2-12(14)15-13-11-8-7-9-5-3-4-6-10(9)11/h3-6H,2,7-8H2,1H3. The van der Waals surface area contributed by atoms with Gasteiger partial charge >= 0.3 is 5.97 Å². The molecule has 0 spiro atoms. The summed E-state index contributed by atoms with van der Waals surface area (Å²) in [5, 5.41) is 3.90. The summed E-state index contributed by atoms with van der Waals surface area (Å²) in [6.45, 7) is 1.76. The van der Waals surface area contributed by atoms with Gasteiger partial charge in [0.05, 0.1) is 5.71 Å². The van der Waals surface area contributed by atoms with Crippen molar-refractivity contribution in [2.45, 2.75) is 26.2 Å². The second kappa shape index (κ2) is 4.26. The van der Waals surface area contributed by atoms with Crippen molar-refractivity contribution in [3.8, 4) is 0 Å². The molecule has 0 unspecified atom stereocenters. The van der Waals surface area contributed by atoms with E-state index in [2.05, 4.69) is 11.2 Å². The van der Waals surface area contributed by atoms with E-state index in [9.17, 15) is 4.79 Å². The maximum Gasteiger partial charge on any atom is 0.334 e. The molecule has 0 saturated carbocycles. The third-order valence-electron chi connectivity index (χ3n) is 2.51. The van der Waals surface area contributed by atoms with E-state index in [1.807, 2.05) is 18.2 Å². The second-order valence-electron chi connectivity index (χ2n) is 3.51. The zero-order valence-electron chi connectivity index (χ0n) is 8.69. The van der Waals surface area contributed by atoms with Crippen LogP contribution in [0.25, 0.3) is 0 Å². The number of fused-ring (bicyclic) bond motifs is 1. The third-order valence-corrected chi connectivity index (χ3v) is 2.51. The lowest BCUT2D eigenvalue weighted by molar-refractivity contribution is -0.143. The van der Waals surface area contributed by atoms with Gasteiger partial charge in [-0.25, -0.2) is 4.79 Å². The van der Waals surface area contributed by atoms with Crippen molar-refractivity contribution in [3.63, 3.8) is 0 Å². The van der Waals surface area contributed by atoms with Crippen LogP contribution in [0.5, 0.6) is 0 Å². The van der Waals surface area contributed by atoms with Crippen LogP contribution in [0.4, 0.5) is 0 Å². The number of carbonyl (C=O) groups excluding carboxylic acids is 1. The first-order valence-corrected chi connectivity index (χ1v) is 5.16. The number of nitrogens with zero attached hydrogens (tertiary/aromatic N) is 1. The van der Waals surface area contributed by atoms with Crippen molar-refractivity contribution in [3.05, 3.63) is 35.4 Å². The molecule has 1 aliphatic rings. The minimum absolute atomic E-state index is 0.285. The van der Waals surface area contributed by atoms with Crippen molar-refractivity contribution in [1.82, 2.24) is 0 Å². The van der Waals surface area contributed by atoms with Gasteiger partial charge in [-0.1, -0.05) is 36.3 Å². The van der Waals surface area contributed by atoms with Crippen molar-refractivity contribution >= 4 is 11.7 Å². The average molecular weight is 203 g/mol. The van der Waals surface area contributed by atoms with Crippen molar-refractivity contribution in [1.29, 1.82) is 0 Å². The van der Waals surface area contributed by atoms with Crippen LogP contribution in [0.15, 0.2) is 29.4 Å². The lowest BCUT2D eigenvalue weighted by Gasteiger charge is -1.98. The van der Waals surface area contributed by atoms with Crippen molar-refractivity contribution in [2.75, 3.05) is 0 Å². The van der Waals surface area contributed by atoms with E-state index in [1.165, 1.54) is 5.56 Å². The van der Waals surface area contributed by atoms with Crippen molar-refractivity contribution < 1.29 is 9.63 Å². The predicted octanol–water partition coefficient (Wildman–Crippen LogP) is 2.29. The smallest absolute Gasteiger partial charge is 0.318 e. The minimum atomic E-state index is -0.285. The molecule has 0 radical (unpaired) electrons. The van der Waals surface area contributed by atoms with E-state index in [0.717, 1.165) is 24.1 Å². The number of carbonyl (C=O) groups is 1. The van der Waals surface area contributed by atoms with Gasteiger partial charge in [-0.05, 0) is 18.4 Å². The SMILES string of the molecule is CCC(=O)ON=C1CCc2ccccc21. The van der Waals surface area contributed by atoms with Crippen LogP contribution in [0.1, 0.15) is 30.9 Å². The summed E-state index contributed by atoms with van der Waals surface area (Å²) in [7, 11) is 0. The summed E-state index contributed by atoms with van der Waals surface area (Å²) in [6.07, 6.45) is 2.20. The molecule has 3 heteroatoms. The molecule has 0 N–H and O–H groups in total. The molecule has 78 valence electrons. The summed E-state index contributed by atoms with van der Waals surface area (Å²) in [5.41, 5.74) is 3.28. The van der Waals surface area contributed by atoms with Crippen LogP contribution in [-0.4, -0.2) is 11.7 Å². The highest BCUT2D eigenvalue weighted by Gasteiger charge is 2.17. The van der Waals surface area contributed by atoms with Crippen LogP contribution < -0.4 is 0 Å².